The summed E-state index contributed by atoms with van der Waals surface area (Å²) in [6.07, 6.45) is 4.85. The molecule has 0 aromatic carbocycles. The lowest BCUT2D eigenvalue weighted by Crippen LogP contribution is -1.85. The summed E-state index contributed by atoms with van der Waals surface area (Å²) in [5.41, 5.74) is 0. The summed E-state index contributed by atoms with van der Waals surface area (Å²) in [5.74, 6) is 0.775. The standard InChI is InChI=1S/C7H13I/c1-3-4-7(2)5-6-8/h5-7H,3-4H2,1-2H3. The molecule has 0 aromatic rings. The van der Waals surface area contributed by atoms with Gasteiger partial charge >= 0.3 is 0 Å². The molecule has 0 aliphatic heterocycles. The first-order valence-corrected chi connectivity index (χ1v) is 4.32. The SMILES string of the molecule is CCCC(C)C=CI. The first-order chi connectivity index (χ1) is 3.81. The van der Waals surface area contributed by atoms with E-state index < -0.39 is 0 Å². The van der Waals surface area contributed by atoms with Gasteiger partial charge in [0, 0.05) is 0 Å². The first-order valence-electron chi connectivity index (χ1n) is 3.08. The number of hydrogen-bond donors (Lipinski definition) is 0. The lowest BCUT2D eigenvalue weighted by molar-refractivity contribution is 0.635. The molecule has 0 fully saturated rings. The van der Waals surface area contributed by atoms with Gasteiger partial charge < -0.3 is 0 Å². The van der Waals surface area contributed by atoms with Crippen molar-refractivity contribution in [2.45, 2.75) is 26.7 Å². The Balaban J connectivity index is 3.17. The van der Waals surface area contributed by atoms with Gasteiger partial charge in [0.05, 0.1) is 0 Å². The van der Waals surface area contributed by atoms with Crippen LogP contribution in [0.25, 0.3) is 0 Å². The van der Waals surface area contributed by atoms with Gasteiger partial charge in [-0.15, -0.1) is 0 Å². The molecule has 0 N–H and O–H groups in total. The third kappa shape index (κ3) is 4.62. The maximum Gasteiger partial charge on any atom is -0.0254 e. The van der Waals surface area contributed by atoms with Crippen molar-refractivity contribution in [3.8, 4) is 0 Å². The van der Waals surface area contributed by atoms with E-state index in [-0.39, 0.29) is 0 Å². The highest BCUT2D eigenvalue weighted by molar-refractivity contribution is 14.1. The molecule has 1 atom stereocenters. The highest BCUT2D eigenvalue weighted by atomic mass is 127. The number of hydrogen-bond acceptors (Lipinski definition) is 0. The molecule has 0 spiro atoms. The summed E-state index contributed by atoms with van der Waals surface area (Å²) in [7, 11) is 0. The molecule has 0 saturated heterocycles. The second-order valence-electron chi connectivity index (χ2n) is 2.08. The molecule has 0 aromatic heterocycles. The fourth-order valence-electron chi connectivity index (χ4n) is 0.676. The van der Waals surface area contributed by atoms with Gasteiger partial charge in [0.2, 0.25) is 0 Å². The van der Waals surface area contributed by atoms with Crippen LogP contribution in [0.2, 0.25) is 0 Å². The minimum absolute atomic E-state index is 0.775. The maximum absolute atomic E-state index is 2.26. The van der Waals surface area contributed by atoms with E-state index in [4.69, 9.17) is 0 Å². The van der Waals surface area contributed by atoms with Crippen molar-refractivity contribution in [1.29, 1.82) is 0 Å². The van der Waals surface area contributed by atoms with Crippen molar-refractivity contribution < 1.29 is 0 Å². The Morgan fingerprint density at radius 3 is 2.62 bits per heavy atom. The second-order valence-corrected chi connectivity index (χ2v) is 2.80. The van der Waals surface area contributed by atoms with Crippen LogP contribution >= 0.6 is 22.6 Å². The minimum atomic E-state index is 0.775. The monoisotopic (exact) mass is 224 g/mol. The van der Waals surface area contributed by atoms with Gasteiger partial charge in [-0.25, -0.2) is 0 Å². The van der Waals surface area contributed by atoms with Crippen LogP contribution in [0.5, 0.6) is 0 Å². The van der Waals surface area contributed by atoms with Gasteiger partial charge in [-0.3, -0.25) is 0 Å². The van der Waals surface area contributed by atoms with Crippen LogP contribution in [0.4, 0.5) is 0 Å². The predicted molar refractivity (Wildman–Crippen MR) is 47.2 cm³/mol. The van der Waals surface area contributed by atoms with Gasteiger partial charge in [0.15, 0.2) is 0 Å². The lowest BCUT2D eigenvalue weighted by Gasteiger charge is -1.99. The molecular weight excluding hydrogens is 211 g/mol. The summed E-state index contributed by atoms with van der Waals surface area (Å²) in [5, 5.41) is 0. The average Bonchev–Trinajstić information content (AvgIpc) is 1.68. The summed E-state index contributed by atoms with van der Waals surface area (Å²) in [6.45, 7) is 4.47. The Bertz CT molecular complexity index is 66.8. The molecule has 0 aliphatic rings. The van der Waals surface area contributed by atoms with E-state index in [2.05, 4.69) is 46.6 Å². The average molecular weight is 224 g/mol. The first kappa shape index (κ1) is 8.47. The Hall–Kier alpha value is 0.470. The van der Waals surface area contributed by atoms with Gasteiger partial charge in [0.1, 0.15) is 0 Å². The summed E-state index contributed by atoms with van der Waals surface area (Å²) >= 11 is 2.26. The molecule has 8 heavy (non-hydrogen) atoms. The number of allylic oxidation sites excluding steroid dienone is 1. The highest BCUT2D eigenvalue weighted by Crippen LogP contribution is 2.06. The van der Waals surface area contributed by atoms with E-state index >= 15 is 0 Å². The minimum Gasteiger partial charge on any atom is -0.0756 e. The van der Waals surface area contributed by atoms with Crippen molar-refractivity contribution in [3.05, 3.63) is 10.2 Å². The molecule has 0 bridgehead atoms. The summed E-state index contributed by atoms with van der Waals surface area (Å²) < 4.78 is 2.10. The van der Waals surface area contributed by atoms with E-state index in [9.17, 15) is 0 Å². The molecule has 0 heterocycles. The van der Waals surface area contributed by atoms with Crippen molar-refractivity contribution in [2.24, 2.45) is 5.92 Å². The summed E-state index contributed by atoms with van der Waals surface area (Å²) in [4.78, 5) is 0. The quantitative estimate of drug-likeness (QED) is 0.644. The molecule has 0 rings (SSSR count). The van der Waals surface area contributed by atoms with Gasteiger partial charge in [0.25, 0.3) is 0 Å². The Kier molecular flexibility index (Phi) is 5.93. The topological polar surface area (TPSA) is 0 Å². The lowest BCUT2D eigenvalue weighted by atomic mass is 10.1. The van der Waals surface area contributed by atoms with E-state index in [1.807, 2.05) is 0 Å². The second kappa shape index (κ2) is 5.60. The molecule has 1 heteroatoms. The largest absolute Gasteiger partial charge is 0.0756 e. The molecule has 0 saturated carbocycles. The van der Waals surface area contributed by atoms with Crippen LogP contribution in [-0.4, -0.2) is 0 Å². The molecule has 0 radical (unpaired) electrons. The predicted octanol–water partition coefficient (Wildman–Crippen LogP) is 3.37. The Labute approximate surface area is 65.5 Å². The van der Waals surface area contributed by atoms with Crippen molar-refractivity contribution >= 4 is 22.6 Å². The molecule has 0 nitrogen and oxygen atoms in total. The Morgan fingerprint density at radius 2 is 2.25 bits per heavy atom. The summed E-state index contributed by atoms with van der Waals surface area (Å²) in [6, 6.07) is 0. The van der Waals surface area contributed by atoms with Crippen LogP contribution < -0.4 is 0 Å². The molecule has 0 aliphatic carbocycles. The zero-order valence-electron chi connectivity index (χ0n) is 5.52. The maximum atomic E-state index is 2.26. The zero-order valence-corrected chi connectivity index (χ0v) is 7.68. The van der Waals surface area contributed by atoms with E-state index in [0.29, 0.717) is 0 Å². The van der Waals surface area contributed by atoms with Gasteiger partial charge in [-0.1, -0.05) is 48.9 Å². The molecular formula is C7H13I. The molecule has 48 valence electrons. The normalized spacial score (nSPS) is 14.9. The van der Waals surface area contributed by atoms with Crippen LogP contribution in [0, 0.1) is 5.92 Å². The third-order valence-electron chi connectivity index (χ3n) is 1.15. The van der Waals surface area contributed by atoms with Gasteiger partial charge in [-0.05, 0) is 16.4 Å². The van der Waals surface area contributed by atoms with E-state index in [1.165, 1.54) is 12.8 Å². The Morgan fingerprint density at radius 1 is 1.62 bits per heavy atom. The third-order valence-corrected chi connectivity index (χ3v) is 1.56. The van der Waals surface area contributed by atoms with Crippen LogP contribution in [0.1, 0.15) is 26.7 Å². The van der Waals surface area contributed by atoms with Crippen molar-refractivity contribution in [2.75, 3.05) is 0 Å². The fraction of sp³-hybridized carbons (Fsp3) is 0.714. The van der Waals surface area contributed by atoms with Gasteiger partial charge in [-0.2, -0.15) is 0 Å². The highest BCUT2D eigenvalue weighted by Gasteiger charge is 1.90. The van der Waals surface area contributed by atoms with Crippen molar-refractivity contribution in [1.82, 2.24) is 0 Å². The van der Waals surface area contributed by atoms with Crippen LogP contribution in [0.3, 0.4) is 0 Å². The molecule has 1 unspecified atom stereocenters. The number of halogens is 1. The van der Waals surface area contributed by atoms with Crippen molar-refractivity contribution in [3.63, 3.8) is 0 Å². The number of rotatable bonds is 3. The smallest absolute Gasteiger partial charge is 0.0254 e. The fourth-order valence-corrected chi connectivity index (χ4v) is 1.38. The van der Waals surface area contributed by atoms with E-state index in [0.717, 1.165) is 5.92 Å². The van der Waals surface area contributed by atoms with E-state index in [1.54, 1.807) is 0 Å². The zero-order chi connectivity index (χ0) is 6.41. The van der Waals surface area contributed by atoms with Crippen LogP contribution in [-0.2, 0) is 0 Å². The van der Waals surface area contributed by atoms with Crippen LogP contribution in [0.15, 0.2) is 10.2 Å². The molecule has 0 amide bonds.